The van der Waals surface area contributed by atoms with Gasteiger partial charge in [-0.15, -0.1) is 0 Å². The molecule has 1 N–H and O–H groups in total. The minimum Gasteiger partial charge on any atom is -0.410 e. The van der Waals surface area contributed by atoms with Crippen molar-refractivity contribution in [3.63, 3.8) is 0 Å². The fourth-order valence-electron chi connectivity index (χ4n) is 2.00. The lowest BCUT2D eigenvalue weighted by Gasteiger charge is -2.38. The minimum absolute atomic E-state index is 0.211. The molecule has 1 aliphatic carbocycles. The van der Waals surface area contributed by atoms with Crippen LogP contribution in [-0.2, 0) is 0 Å². The van der Waals surface area contributed by atoms with Gasteiger partial charge in [-0.2, -0.15) is 0 Å². The van der Waals surface area contributed by atoms with Gasteiger partial charge >= 0.3 is 0 Å². The molecule has 0 saturated heterocycles. The third-order valence-electron chi connectivity index (χ3n) is 3.57. The quantitative estimate of drug-likeness (QED) is 0.766. The van der Waals surface area contributed by atoms with E-state index in [0.29, 0.717) is 0 Å². The van der Waals surface area contributed by atoms with E-state index in [0.717, 1.165) is 0 Å². The standard InChI is InChI=1S/C14H19NSi/c1-14(11-7-8-12-14)16(2,3)15-13-9-5-4-6-10-13/h4-12,15H,1-3H3. The number of benzene rings is 1. The van der Waals surface area contributed by atoms with Crippen molar-refractivity contribution in [2.45, 2.75) is 25.1 Å². The van der Waals surface area contributed by atoms with Crippen molar-refractivity contribution in [3.8, 4) is 0 Å². The number of nitrogens with one attached hydrogen (secondary N) is 1. The van der Waals surface area contributed by atoms with E-state index in [1.165, 1.54) is 5.69 Å². The topological polar surface area (TPSA) is 12.0 Å². The molecule has 0 bridgehead atoms. The molecule has 0 spiro atoms. The van der Waals surface area contributed by atoms with Crippen molar-refractivity contribution < 1.29 is 0 Å². The van der Waals surface area contributed by atoms with Gasteiger partial charge in [0.05, 0.1) is 0 Å². The molecule has 0 atom stereocenters. The van der Waals surface area contributed by atoms with Crippen molar-refractivity contribution in [1.82, 2.24) is 0 Å². The van der Waals surface area contributed by atoms with Crippen LogP contribution in [0, 0.1) is 0 Å². The summed E-state index contributed by atoms with van der Waals surface area (Å²) in [6.45, 7) is 7.06. The number of rotatable bonds is 3. The second-order valence-corrected chi connectivity index (χ2v) is 9.69. The van der Waals surface area contributed by atoms with Gasteiger partial charge in [-0.3, -0.25) is 0 Å². The Morgan fingerprint density at radius 1 is 1.00 bits per heavy atom. The zero-order valence-corrected chi connectivity index (χ0v) is 11.2. The lowest BCUT2D eigenvalue weighted by molar-refractivity contribution is 0.924. The summed E-state index contributed by atoms with van der Waals surface area (Å²) in [5.41, 5.74) is 1.23. The molecule has 0 amide bonds. The molecule has 84 valence electrons. The maximum atomic E-state index is 3.74. The van der Waals surface area contributed by atoms with Crippen LogP contribution in [0.5, 0.6) is 0 Å². The molecule has 16 heavy (non-hydrogen) atoms. The number of hydrogen-bond donors (Lipinski definition) is 1. The second kappa shape index (κ2) is 3.94. The highest BCUT2D eigenvalue weighted by molar-refractivity contribution is 6.84. The Morgan fingerprint density at radius 2 is 1.56 bits per heavy atom. The summed E-state index contributed by atoms with van der Waals surface area (Å²) in [5, 5.41) is 0.211. The first kappa shape index (κ1) is 11.2. The lowest BCUT2D eigenvalue weighted by Crippen LogP contribution is -2.46. The van der Waals surface area contributed by atoms with Gasteiger partial charge in [0.1, 0.15) is 0 Å². The van der Waals surface area contributed by atoms with Crippen LogP contribution < -0.4 is 4.98 Å². The van der Waals surface area contributed by atoms with Crippen LogP contribution in [0.2, 0.25) is 18.1 Å². The van der Waals surface area contributed by atoms with Crippen LogP contribution >= 0.6 is 0 Å². The maximum absolute atomic E-state index is 3.74. The predicted molar refractivity (Wildman–Crippen MR) is 74.2 cm³/mol. The van der Waals surface area contributed by atoms with Crippen LogP contribution in [0.4, 0.5) is 5.69 Å². The monoisotopic (exact) mass is 229 g/mol. The molecule has 2 rings (SSSR count). The summed E-state index contributed by atoms with van der Waals surface area (Å²) in [4.78, 5) is 3.74. The van der Waals surface area contributed by atoms with Crippen molar-refractivity contribution >= 4 is 13.9 Å². The smallest absolute Gasteiger partial charge is 0.160 e. The Morgan fingerprint density at radius 3 is 2.12 bits per heavy atom. The van der Waals surface area contributed by atoms with Crippen LogP contribution in [0.15, 0.2) is 54.6 Å². The van der Waals surface area contributed by atoms with Gasteiger partial charge < -0.3 is 4.98 Å². The van der Waals surface area contributed by atoms with Gasteiger partial charge in [-0.1, -0.05) is 62.5 Å². The van der Waals surface area contributed by atoms with Gasteiger partial charge in [-0.25, -0.2) is 0 Å². The number of anilines is 1. The third-order valence-corrected chi connectivity index (χ3v) is 7.51. The van der Waals surface area contributed by atoms with E-state index in [4.69, 9.17) is 0 Å². The van der Waals surface area contributed by atoms with Gasteiger partial charge in [0.15, 0.2) is 8.24 Å². The van der Waals surface area contributed by atoms with Crippen LogP contribution in [0.3, 0.4) is 0 Å². The van der Waals surface area contributed by atoms with E-state index in [1.807, 2.05) is 0 Å². The summed E-state index contributed by atoms with van der Waals surface area (Å²) in [6.07, 6.45) is 8.94. The Kier molecular flexibility index (Phi) is 2.76. The number of hydrogen-bond acceptors (Lipinski definition) is 1. The SMILES string of the molecule is CC1([Si](C)(C)Nc2ccccc2)C=CC=C1. The van der Waals surface area contributed by atoms with Gasteiger partial charge in [0, 0.05) is 10.7 Å². The van der Waals surface area contributed by atoms with Crippen LogP contribution in [0.1, 0.15) is 6.92 Å². The Bertz CT molecular complexity index is 406. The highest BCUT2D eigenvalue weighted by Gasteiger charge is 2.40. The lowest BCUT2D eigenvalue weighted by atomic mass is 10.2. The highest BCUT2D eigenvalue weighted by Crippen LogP contribution is 2.43. The molecular weight excluding hydrogens is 210 g/mol. The molecule has 0 heterocycles. The van der Waals surface area contributed by atoms with Crippen molar-refractivity contribution in [3.05, 3.63) is 54.6 Å². The molecular formula is C14H19NSi. The van der Waals surface area contributed by atoms with E-state index in [-0.39, 0.29) is 5.04 Å². The Balaban J connectivity index is 2.21. The molecule has 0 unspecified atom stereocenters. The molecule has 0 aliphatic heterocycles. The Labute approximate surface area is 99.0 Å². The predicted octanol–water partition coefficient (Wildman–Crippen LogP) is 4.19. The first-order valence-electron chi connectivity index (χ1n) is 5.74. The van der Waals surface area contributed by atoms with Crippen LogP contribution in [0.25, 0.3) is 0 Å². The molecule has 2 heteroatoms. The third kappa shape index (κ3) is 1.98. The molecule has 0 radical (unpaired) electrons. The van der Waals surface area contributed by atoms with E-state index in [2.05, 4.69) is 79.6 Å². The van der Waals surface area contributed by atoms with E-state index in [1.54, 1.807) is 0 Å². The van der Waals surface area contributed by atoms with Crippen molar-refractivity contribution in [2.75, 3.05) is 4.98 Å². The summed E-state index contributed by atoms with van der Waals surface area (Å²) >= 11 is 0. The first-order chi connectivity index (χ1) is 7.54. The second-order valence-electron chi connectivity index (χ2n) is 5.12. The molecule has 1 aliphatic rings. The first-order valence-corrected chi connectivity index (χ1v) is 8.74. The van der Waals surface area contributed by atoms with E-state index in [9.17, 15) is 0 Å². The molecule has 0 aromatic heterocycles. The fourth-order valence-corrected chi connectivity index (χ4v) is 4.18. The summed E-state index contributed by atoms with van der Waals surface area (Å²) in [5.74, 6) is 0. The number of allylic oxidation sites excluding steroid dienone is 4. The van der Waals surface area contributed by atoms with Gasteiger partial charge in [0.2, 0.25) is 0 Å². The summed E-state index contributed by atoms with van der Waals surface area (Å²) in [6, 6.07) is 10.5. The summed E-state index contributed by atoms with van der Waals surface area (Å²) in [7, 11) is -1.56. The van der Waals surface area contributed by atoms with E-state index >= 15 is 0 Å². The highest BCUT2D eigenvalue weighted by atomic mass is 28.3. The zero-order chi connectivity index (χ0) is 11.6. The average molecular weight is 229 g/mol. The molecule has 1 nitrogen and oxygen atoms in total. The van der Waals surface area contributed by atoms with Gasteiger partial charge in [0.25, 0.3) is 0 Å². The molecule has 1 aromatic rings. The summed E-state index contributed by atoms with van der Waals surface area (Å²) < 4.78 is 0. The zero-order valence-electron chi connectivity index (χ0n) is 10.2. The van der Waals surface area contributed by atoms with E-state index < -0.39 is 8.24 Å². The largest absolute Gasteiger partial charge is 0.410 e. The Hall–Kier alpha value is -1.28. The number of para-hydroxylation sites is 1. The average Bonchev–Trinajstić information content (AvgIpc) is 2.68. The minimum atomic E-state index is -1.56. The van der Waals surface area contributed by atoms with Crippen molar-refractivity contribution in [1.29, 1.82) is 0 Å². The molecule has 0 fully saturated rings. The maximum Gasteiger partial charge on any atom is 0.160 e. The fraction of sp³-hybridized carbons (Fsp3) is 0.286. The van der Waals surface area contributed by atoms with Gasteiger partial charge in [-0.05, 0) is 12.1 Å². The molecule has 0 saturated carbocycles. The normalized spacial score (nSPS) is 17.7. The van der Waals surface area contributed by atoms with Crippen LogP contribution in [-0.4, -0.2) is 8.24 Å². The van der Waals surface area contributed by atoms with Crippen molar-refractivity contribution in [2.24, 2.45) is 0 Å². The molecule has 1 aromatic carbocycles.